The minimum absolute atomic E-state index is 0.116. The van der Waals surface area contributed by atoms with Crippen molar-refractivity contribution in [3.8, 4) is 16.8 Å². The standard InChI is InChI=1S/C38H38ClN3OS/c1-24-21-28(25(2)42(24)32-18-11-27(12-19-32)26-9-7-6-8-10-26)23-40-37-35(36(43)41-31-16-14-30(39)15-17-31)33-20-13-29(38(3,4)5)22-34(33)44-37/h6-12,14-19,21,23,29H,13,20,22H2,1-5H3,(H,41,43)/t29-/m0/s1. The Bertz CT molecular complexity index is 1820. The number of rotatable bonds is 6. The molecule has 3 aromatic carbocycles. The quantitative estimate of drug-likeness (QED) is 0.189. The first-order valence-electron chi connectivity index (χ1n) is 15.2. The van der Waals surface area contributed by atoms with Gasteiger partial charge >= 0.3 is 0 Å². The largest absolute Gasteiger partial charge is 0.322 e. The highest BCUT2D eigenvalue weighted by Gasteiger charge is 2.33. The van der Waals surface area contributed by atoms with Gasteiger partial charge in [-0.1, -0.05) is 74.8 Å². The van der Waals surface area contributed by atoms with Gasteiger partial charge in [0, 0.05) is 44.4 Å². The van der Waals surface area contributed by atoms with Gasteiger partial charge in [-0.3, -0.25) is 4.79 Å². The number of amides is 1. The number of carbonyl (C=O) groups is 1. The number of anilines is 1. The van der Waals surface area contributed by atoms with E-state index in [1.807, 2.05) is 24.4 Å². The molecule has 1 N–H and O–H groups in total. The van der Waals surface area contributed by atoms with Crippen LogP contribution in [0.1, 0.15) is 64.9 Å². The Morgan fingerprint density at radius 1 is 0.977 bits per heavy atom. The number of nitrogens with zero attached hydrogens (tertiary/aromatic N) is 2. The van der Waals surface area contributed by atoms with Gasteiger partial charge in [-0.2, -0.15) is 0 Å². The first-order valence-corrected chi connectivity index (χ1v) is 16.4. The van der Waals surface area contributed by atoms with E-state index in [2.05, 4.69) is 99.1 Å². The topological polar surface area (TPSA) is 46.4 Å². The summed E-state index contributed by atoms with van der Waals surface area (Å²) < 4.78 is 2.26. The average molecular weight is 620 g/mol. The maximum Gasteiger partial charge on any atom is 0.259 e. The van der Waals surface area contributed by atoms with Crippen LogP contribution < -0.4 is 5.32 Å². The third-order valence-corrected chi connectivity index (χ3v) is 10.2. The van der Waals surface area contributed by atoms with Crippen molar-refractivity contribution in [3.05, 3.63) is 123 Å². The monoisotopic (exact) mass is 619 g/mol. The van der Waals surface area contributed by atoms with Crippen LogP contribution in [0.4, 0.5) is 10.7 Å². The van der Waals surface area contributed by atoms with E-state index in [1.54, 1.807) is 23.5 Å². The molecule has 2 heterocycles. The highest BCUT2D eigenvalue weighted by atomic mass is 35.5. The van der Waals surface area contributed by atoms with Crippen molar-refractivity contribution in [1.29, 1.82) is 0 Å². The molecule has 44 heavy (non-hydrogen) atoms. The second-order valence-electron chi connectivity index (χ2n) is 12.8. The summed E-state index contributed by atoms with van der Waals surface area (Å²) >= 11 is 7.75. The van der Waals surface area contributed by atoms with Gasteiger partial charge in [0.2, 0.25) is 0 Å². The number of carbonyl (C=O) groups excluding carboxylic acids is 1. The Morgan fingerprint density at radius 3 is 2.34 bits per heavy atom. The van der Waals surface area contributed by atoms with E-state index in [4.69, 9.17) is 16.6 Å². The van der Waals surface area contributed by atoms with E-state index in [9.17, 15) is 4.79 Å². The van der Waals surface area contributed by atoms with E-state index in [1.165, 1.54) is 16.0 Å². The van der Waals surface area contributed by atoms with E-state index >= 15 is 0 Å². The number of hydrogen-bond acceptors (Lipinski definition) is 3. The molecular weight excluding hydrogens is 582 g/mol. The summed E-state index contributed by atoms with van der Waals surface area (Å²) in [5, 5.41) is 4.50. The zero-order chi connectivity index (χ0) is 31.0. The number of fused-ring (bicyclic) bond motifs is 1. The van der Waals surface area contributed by atoms with E-state index in [0.717, 1.165) is 58.2 Å². The molecule has 1 aliphatic rings. The Kier molecular flexibility index (Phi) is 8.36. The fourth-order valence-corrected chi connectivity index (χ4v) is 7.63. The number of aromatic nitrogens is 1. The van der Waals surface area contributed by atoms with Crippen LogP contribution in [0.5, 0.6) is 0 Å². The zero-order valence-electron chi connectivity index (χ0n) is 25.9. The van der Waals surface area contributed by atoms with E-state index in [-0.39, 0.29) is 11.3 Å². The number of benzene rings is 3. The highest BCUT2D eigenvalue weighted by molar-refractivity contribution is 7.16. The molecule has 2 aromatic heterocycles. The summed E-state index contributed by atoms with van der Waals surface area (Å²) in [4.78, 5) is 20.1. The molecule has 0 radical (unpaired) electrons. The Balaban J connectivity index is 1.32. The second kappa shape index (κ2) is 12.2. The molecule has 5 aromatic rings. The van der Waals surface area contributed by atoms with Gasteiger partial charge in [-0.25, -0.2) is 4.99 Å². The number of aryl methyl sites for hydroxylation is 1. The van der Waals surface area contributed by atoms with Crippen LogP contribution in [-0.4, -0.2) is 16.7 Å². The molecule has 1 atom stereocenters. The van der Waals surface area contributed by atoms with Gasteiger partial charge in [-0.15, -0.1) is 11.3 Å². The predicted molar refractivity (Wildman–Crippen MR) is 187 cm³/mol. The summed E-state index contributed by atoms with van der Waals surface area (Å²) in [6, 6.07) is 28.5. The first-order chi connectivity index (χ1) is 21.1. The van der Waals surface area contributed by atoms with Gasteiger partial charge in [0.05, 0.1) is 5.56 Å². The molecule has 6 rings (SSSR count). The van der Waals surface area contributed by atoms with Crippen molar-refractivity contribution < 1.29 is 4.79 Å². The molecule has 6 heteroatoms. The van der Waals surface area contributed by atoms with Gasteiger partial charge < -0.3 is 9.88 Å². The fourth-order valence-electron chi connectivity index (χ4n) is 6.24. The summed E-state index contributed by atoms with van der Waals surface area (Å²) in [7, 11) is 0. The van der Waals surface area contributed by atoms with Crippen LogP contribution in [0.3, 0.4) is 0 Å². The lowest BCUT2D eigenvalue weighted by atomic mass is 9.72. The lowest BCUT2D eigenvalue weighted by Crippen LogP contribution is -2.27. The summed E-state index contributed by atoms with van der Waals surface area (Å²) in [6.07, 6.45) is 4.87. The number of aliphatic imine (C=N–C) groups is 1. The van der Waals surface area contributed by atoms with Gasteiger partial charge in [0.1, 0.15) is 5.00 Å². The molecular formula is C38H38ClN3OS. The van der Waals surface area contributed by atoms with Crippen molar-refractivity contribution in [2.75, 3.05) is 5.32 Å². The van der Waals surface area contributed by atoms with Crippen molar-refractivity contribution in [2.45, 2.75) is 53.9 Å². The average Bonchev–Trinajstić information content (AvgIpc) is 3.52. The van der Waals surface area contributed by atoms with Crippen LogP contribution >= 0.6 is 22.9 Å². The molecule has 0 aliphatic heterocycles. The van der Waals surface area contributed by atoms with Gasteiger partial charge in [-0.05, 0) is 104 Å². The number of halogens is 1. The molecule has 0 saturated carbocycles. The molecule has 1 aliphatic carbocycles. The smallest absolute Gasteiger partial charge is 0.259 e. The fraction of sp³-hybridized carbons (Fsp3) is 0.263. The van der Waals surface area contributed by atoms with Crippen LogP contribution in [0.25, 0.3) is 16.8 Å². The van der Waals surface area contributed by atoms with Crippen molar-refractivity contribution in [3.63, 3.8) is 0 Å². The van der Waals surface area contributed by atoms with Crippen LogP contribution in [-0.2, 0) is 12.8 Å². The third kappa shape index (κ3) is 6.17. The number of thiophene rings is 1. The Morgan fingerprint density at radius 2 is 1.66 bits per heavy atom. The summed E-state index contributed by atoms with van der Waals surface area (Å²) in [5.74, 6) is 0.458. The van der Waals surface area contributed by atoms with Crippen molar-refractivity contribution in [1.82, 2.24) is 4.57 Å². The lowest BCUT2D eigenvalue weighted by Gasteiger charge is -2.33. The van der Waals surface area contributed by atoms with Gasteiger partial charge in [0.25, 0.3) is 5.91 Å². The molecule has 0 saturated heterocycles. The predicted octanol–water partition coefficient (Wildman–Crippen LogP) is 10.6. The maximum atomic E-state index is 13.8. The third-order valence-electron chi connectivity index (χ3n) is 8.82. The molecule has 1 amide bonds. The number of hydrogen-bond donors (Lipinski definition) is 1. The minimum Gasteiger partial charge on any atom is -0.322 e. The normalized spacial score (nSPS) is 15.0. The van der Waals surface area contributed by atoms with Gasteiger partial charge in [0.15, 0.2) is 0 Å². The Labute approximate surface area is 269 Å². The summed E-state index contributed by atoms with van der Waals surface area (Å²) in [5.41, 5.74) is 9.59. The zero-order valence-corrected chi connectivity index (χ0v) is 27.5. The van der Waals surface area contributed by atoms with Crippen molar-refractivity contribution >= 4 is 45.7 Å². The Hall–Kier alpha value is -3.93. The van der Waals surface area contributed by atoms with Crippen molar-refractivity contribution in [2.24, 2.45) is 16.3 Å². The van der Waals surface area contributed by atoms with Crippen LogP contribution in [0.2, 0.25) is 5.02 Å². The first kappa shape index (κ1) is 30.1. The molecule has 224 valence electrons. The van der Waals surface area contributed by atoms with E-state index in [0.29, 0.717) is 16.5 Å². The highest BCUT2D eigenvalue weighted by Crippen LogP contribution is 2.45. The van der Waals surface area contributed by atoms with Crippen LogP contribution in [0.15, 0.2) is 89.9 Å². The SMILES string of the molecule is Cc1cc(C=Nc2sc3c(c2C(=O)Nc2ccc(Cl)cc2)CC[C@H](C(C)(C)C)C3)c(C)n1-c1ccc(-c2ccccc2)cc1. The molecule has 0 fully saturated rings. The lowest BCUT2D eigenvalue weighted by molar-refractivity contribution is 0.102. The number of nitrogens with one attached hydrogen (secondary N) is 1. The molecule has 0 unspecified atom stereocenters. The maximum absolute atomic E-state index is 13.8. The molecule has 0 spiro atoms. The van der Waals surface area contributed by atoms with E-state index < -0.39 is 0 Å². The summed E-state index contributed by atoms with van der Waals surface area (Å²) in [6.45, 7) is 11.2. The van der Waals surface area contributed by atoms with Crippen LogP contribution in [0, 0.1) is 25.2 Å². The molecule has 0 bridgehead atoms. The molecule has 4 nitrogen and oxygen atoms in total. The second-order valence-corrected chi connectivity index (χ2v) is 14.3. The minimum atomic E-state index is -0.116.